The summed E-state index contributed by atoms with van der Waals surface area (Å²) in [6, 6.07) is 12.3. The lowest BCUT2D eigenvalue weighted by Crippen LogP contribution is -2.46. The Hall–Kier alpha value is -2.47. The molecule has 1 N–H and O–H groups in total. The third-order valence-corrected chi connectivity index (χ3v) is 5.74. The van der Waals surface area contributed by atoms with Gasteiger partial charge in [0.1, 0.15) is 0 Å². The van der Waals surface area contributed by atoms with Gasteiger partial charge in [-0.05, 0) is 51.0 Å². The zero-order chi connectivity index (χ0) is 19.7. The van der Waals surface area contributed by atoms with Crippen molar-refractivity contribution in [2.24, 2.45) is 7.05 Å². The van der Waals surface area contributed by atoms with Crippen molar-refractivity contribution in [2.75, 3.05) is 29.9 Å². The Morgan fingerprint density at radius 3 is 2.57 bits per heavy atom. The fourth-order valence-corrected chi connectivity index (χ4v) is 4.55. The van der Waals surface area contributed by atoms with Gasteiger partial charge in [0.25, 0.3) is 0 Å². The van der Waals surface area contributed by atoms with Gasteiger partial charge < -0.3 is 24.4 Å². The Bertz CT molecular complexity index is 823. The average molecular weight is 383 g/mol. The van der Waals surface area contributed by atoms with Crippen LogP contribution in [-0.4, -0.2) is 47.3 Å². The third-order valence-electron chi connectivity index (χ3n) is 5.74. The SMILES string of the molecule is C[C@@H]1CN(c2ccccc2NC(=O)N2CCC[C@H]2c2cccn2C)C[C@@H](C)O1. The zero-order valence-electron chi connectivity index (χ0n) is 17.0. The largest absolute Gasteiger partial charge is 0.372 e. The second-order valence-corrected chi connectivity index (χ2v) is 8.00. The van der Waals surface area contributed by atoms with Crippen molar-refractivity contribution in [3.63, 3.8) is 0 Å². The first kappa shape index (κ1) is 18.9. The first-order valence-electron chi connectivity index (χ1n) is 10.2. The van der Waals surface area contributed by atoms with Gasteiger partial charge in [-0.25, -0.2) is 4.79 Å². The van der Waals surface area contributed by atoms with Crippen molar-refractivity contribution in [3.05, 3.63) is 48.3 Å². The average Bonchev–Trinajstić information content (AvgIpc) is 3.29. The number of likely N-dealkylation sites (tertiary alicyclic amines) is 1. The molecule has 0 aliphatic carbocycles. The van der Waals surface area contributed by atoms with Crippen LogP contribution in [-0.2, 0) is 11.8 Å². The quantitative estimate of drug-likeness (QED) is 0.873. The van der Waals surface area contributed by atoms with Gasteiger partial charge in [0.2, 0.25) is 0 Å². The summed E-state index contributed by atoms with van der Waals surface area (Å²) < 4.78 is 7.98. The van der Waals surface area contributed by atoms with E-state index in [4.69, 9.17) is 4.74 Å². The molecular weight excluding hydrogens is 352 g/mol. The Kier molecular flexibility index (Phi) is 5.31. The standard InChI is InChI=1S/C22H30N4O2/c1-16-14-25(15-17(2)28-16)19-9-5-4-8-18(19)23-22(27)26-13-7-11-21(26)20-10-6-12-24(20)3/h4-6,8-10,12,16-17,21H,7,11,13-15H2,1-3H3,(H,23,27)/t16-,17-,21+/m1/s1. The van der Waals surface area contributed by atoms with Crippen molar-refractivity contribution >= 4 is 17.4 Å². The number of hydrogen-bond acceptors (Lipinski definition) is 3. The molecule has 0 unspecified atom stereocenters. The van der Waals surface area contributed by atoms with Crippen LogP contribution in [0.25, 0.3) is 0 Å². The summed E-state index contributed by atoms with van der Waals surface area (Å²) in [6.07, 6.45) is 4.43. The first-order chi connectivity index (χ1) is 13.5. The minimum Gasteiger partial charge on any atom is -0.372 e. The highest BCUT2D eigenvalue weighted by Gasteiger charge is 2.32. The van der Waals surface area contributed by atoms with Crippen LogP contribution in [0.5, 0.6) is 0 Å². The molecule has 2 saturated heterocycles. The zero-order valence-corrected chi connectivity index (χ0v) is 17.0. The molecule has 2 amide bonds. The number of carbonyl (C=O) groups is 1. The van der Waals surface area contributed by atoms with Gasteiger partial charge in [-0.15, -0.1) is 0 Å². The minimum atomic E-state index is -0.0227. The molecular formula is C22H30N4O2. The topological polar surface area (TPSA) is 49.7 Å². The number of hydrogen-bond donors (Lipinski definition) is 1. The first-order valence-corrected chi connectivity index (χ1v) is 10.2. The lowest BCUT2D eigenvalue weighted by Gasteiger charge is -2.38. The van der Waals surface area contributed by atoms with E-state index in [9.17, 15) is 4.79 Å². The number of amides is 2. The van der Waals surface area contributed by atoms with E-state index in [1.54, 1.807) is 0 Å². The number of nitrogens with zero attached hydrogens (tertiary/aromatic N) is 3. The van der Waals surface area contributed by atoms with Gasteiger partial charge in [-0.3, -0.25) is 0 Å². The summed E-state index contributed by atoms with van der Waals surface area (Å²) in [6.45, 7) is 6.63. The monoisotopic (exact) mass is 382 g/mol. The second-order valence-electron chi connectivity index (χ2n) is 8.00. The van der Waals surface area contributed by atoms with E-state index < -0.39 is 0 Å². The molecule has 2 fully saturated rings. The van der Waals surface area contributed by atoms with Gasteiger partial charge >= 0.3 is 6.03 Å². The third kappa shape index (κ3) is 3.74. The fraction of sp³-hybridized carbons (Fsp3) is 0.500. The Balaban J connectivity index is 1.53. The number of ether oxygens (including phenoxy) is 1. The van der Waals surface area contributed by atoms with Gasteiger partial charge in [0, 0.05) is 38.6 Å². The molecule has 0 radical (unpaired) electrons. The van der Waals surface area contributed by atoms with E-state index in [0.717, 1.165) is 43.9 Å². The molecule has 6 nitrogen and oxygen atoms in total. The van der Waals surface area contributed by atoms with Crippen LogP contribution in [0, 0.1) is 0 Å². The molecule has 3 atom stereocenters. The number of nitrogens with one attached hydrogen (secondary N) is 1. The minimum absolute atomic E-state index is 0.0227. The maximum absolute atomic E-state index is 13.2. The number of anilines is 2. The number of aryl methyl sites for hydroxylation is 1. The fourth-order valence-electron chi connectivity index (χ4n) is 4.55. The Morgan fingerprint density at radius 1 is 1.11 bits per heavy atom. The number of urea groups is 1. The molecule has 0 bridgehead atoms. The van der Waals surface area contributed by atoms with E-state index in [0.29, 0.717) is 0 Å². The number of morpholine rings is 1. The molecule has 150 valence electrons. The molecule has 2 aromatic rings. The van der Waals surface area contributed by atoms with Crippen LogP contribution in [0.4, 0.5) is 16.2 Å². The summed E-state index contributed by atoms with van der Waals surface area (Å²) in [5.74, 6) is 0. The number of aromatic nitrogens is 1. The van der Waals surface area contributed by atoms with Crippen LogP contribution in [0.1, 0.15) is 38.4 Å². The number of benzene rings is 1. The van der Waals surface area contributed by atoms with Crippen molar-refractivity contribution in [3.8, 4) is 0 Å². The molecule has 28 heavy (non-hydrogen) atoms. The van der Waals surface area contributed by atoms with Gasteiger partial charge in [0.05, 0.1) is 29.6 Å². The molecule has 4 rings (SSSR count). The summed E-state index contributed by atoms with van der Waals surface area (Å²) in [7, 11) is 2.04. The van der Waals surface area contributed by atoms with Gasteiger partial charge in [-0.2, -0.15) is 0 Å². The van der Waals surface area contributed by atoms with Crippen molar-refractivity contribution in [1.29, 1.82) is 0 Å². The van der Waals surface area contributed by atoms with E-state index in [1.807, 2.05) is 42.4 Å². The van der Waals surface area contributed by atoms with Crippen LogP contribution in [0.15, 0.2) is 42.6 Å². The lowest BCUT2D eigenvalue weighted by molar-refractivity contribution is -0.00517. The van der Waals surface area contributed by atoms with Gasteiger partial charge in [0.15, 0.2) is 0 Å². The van der Waals surface area contributed by atoms with E-state index >= 15 is 0 Å². The van der Waals surface area contributed by atoms with Crippen LogP contribution in [0.2, 0.25) is 0 Å². The van der Waals surface area contributed by atoms with Crippen molar-refractivity contribution in [1.82, 2.24) is 9.47 Å². The molecule has 0 spiro atoms. The maximum atomic E-state index is 13.2. The normalized spacial score (nSPS) is 25.2. The van der Waals surface area contributed by atoms with E-state index in [2.05, 4.69) is 40.8 Å². The smallest absolute Gasteiger partial charge is 0.322 e. The number of carbonyl (C=O) groups excluding carboxylic acids is 1. The van der Waals surface area contributed by atoms with Crippen molar-refractivity contribution < 1.29 is 9.53 Å². The number of para-hydroxylation sites is 2. The highest BCUT2D eigenvalue weighted by Crippen LogP contribution is 2.34. The van der Waals surface area contributed by atoms with Crippen LogP contribution in [0.3, 0.4) is 0 Å². The van der Waals surface area contributed by atoms with E-state index in [1.165, 1.54) is 5.69 Å². The van der Waals surface area contributed by atoms with Crippen LogP contribution < -0.4 is 10.2 Å². The summed E-state index contributed by atoms with van der Waals surface area (Å²) in [5, 5.41) is 3.19. The molecule has 1 aromatic carbocycles. The molecule has 1 aromatic heterocycles. The van der Waals surface area contributed by atoms with Crippen LogP contribution >= 0.6 is 0 Å². The molecule has 2 aliphatic rings. The highest BCUT2D eigenvalue weighted by atomic mass is 16.5. The molecule has 2 aliphatic heterocycles. The molecule has 6 heteroatoms. The van der Waals surface area contributed by atoms with Crippen molar-refractivity contribution in [2.45, 2.75) is 44.9 Å². The molecule has 0 saturated carbocycles. The summed E-state index contributed by atoms with van der Waals surface area (Å²) in [5.41, 5.74) is 3.12. The highest BCUT2D eigenvalue weighted by molar-refractivity contribution is 5.93. The Labute approximate surface area is 167 Å². The predicted molar refractivity (Wildman–Crippen MR) is 112 cm³/mol. The Morgan fingerprint density at radius 2 is 1.86 bits per heavy atom. The summed E-state index contributed by atoms with van der Waals surface area (Å²) >= 11 is 0. The lowest BCUT2D eigenvalue weighted by atomic mass is 10.1. The van der Waals surface area contributed by atoms with Gasteiger partial charge in [-0.1, -0.05) is 12.1 Å². The molecule has 3 heterocycles. The number of rotatable bonds is 3. The van der Waals surface area contributed by atoms with E-state index in [-0.39, 0.29) is 24.3 Å². The predicted octanol–water partition coefficient (Wildman–Crippen LogP) is 4.01. The second kappa shape index (κ2) is 7.87. The summed E-state index contributed by atoms with van der Waals surface area (Å²) in [4.78, 5) is 17.4. The maximum Gasteiger partial charge on any atom is 0.322 e.